The minimum absolute atomic E-state index is 0. The fourth-order valence-electron chi connectivity index (χ4n) is 2.99. The molecule has 0 spiro atoms. The van der Waals surface area contributed by atoms with E-state index in [-0.39, 0.29) is 40.9 Å². The van der Waals surface area contributed by atoms with Crippen molar-refractivity contribution in [1.82, 2.24) is 0 Å². The number of unbranched alkanes of at least 4 members (excludes halogenated alkanes) is 3. The van der Waals surface area contributed by atoms with E-state index in [0.29, 0.717) is 23.5 Å². The summed E-state index contributed by atoms with van der Waals surface area (Å²) >= 11 is 0. The summed E-state index contributed by atoms with van der Waals surface area (Å²) in [5.74, 6) is -0.774. The molecule has 0 amide bonds. The molecule has 5 heteroatoms. The van der Waals surface area contributed by atoms with E-state index in [9.17, 15) is 14.7 Å². The zero-order valence-electron chi connectivity index (χ0n) is 14.6. The second kappa shape index (κ2) is 8.65. The van der Waals surface area contributed by atoms with Crippen LogP contribution in [0, 0.1) is 0 Å². The summed E-state index contributed by atoms with van der Waals surface area (Å²) < 4.78 is 5.73. The number of carbonyl (C=O) groups excluding carboxylic acids is 2. The van der Waals surface area contributed by atoms with Crippen molar-refractivity contribution in [2.75, 3.05) is 6.61 Å². The minimum atomic E-state index is -1.28. The Hall–Kier alpha value is -1.62. The monoisotopic (exact) mass is 346 g/mol. The smallest absolute Gasteiger partial charge is 0.545 e. The molecular formula is C20H19NaO4. The molecule has 0 unspecified atom stereocenters. The molecule has 2 aromatic rings. The van der Waals surface area contributed by atoms with Crippen molar-refractivity contribution in [3.05, 3.63) is 53.1 Å². The largest absolute Gasteiger partial charge is 1.00 e. The fraction of sp³-hybridized carbons (Fsp3) is 0.300. The number of aromatic carboxylic acids is 1. The first-order valence-electron chi connectivity index (χ1n) is 8.29. The van der Waals surface area contributed by atoms with Crippen LogP contribution in [0.1, 0.15) is 58.9 Å². The molecule has 1 aliphatic rings. The molecule has 3 rings (SSSR count). The summed E-state index contributed by atoms with van der Waals surface area (Å²) in [6.07, 6.45) is 4.51. The predicted molar refractivity (Wildman–Crippen MR) is 89.3 cm³/mol. The Bertz CT molecular complexity index is 798. The number of carboxylic acids is 1. The van der Waals surface area contributed by atoms with E-state index >= 15 is 0 Å². The molecule has 0 aromatic heterocycles. The Morgan fingerprint density at radius 3 is 2.32 bits per heavy atom. The van der Waals surface area contributed by atoms with Gasteiger partial charge in [-0.2, -0.15) is 0 Å². The normalized spacial score (nSPS) is 11.5. The van der Waals surface area contributed by atoms with Crippen LogP contribution in [-0.2, 0) is 0 Å². The topological polar surface area (TPSA) is 66.4 Å². The summed E-state index contributed by atoms with van der Waals surface area (Å²) in [7, 11) is 0. The van der Waals surface area contributed by atoms with Crippen molar-refractivity contribution in [1.29, 1.82) is 0 Å². The minimum Gasteiger partial charge on any atom is -0.545 e. The van der Waals surface area contributed by atoms with Crippen molar-refractivity contribution in [2.45, 2.75) is 32.6 Å². The second-order valence-corrected chi connectivity index (χ2v) is 5.99. The van der Waals surface area contributed by atoms with E-state index in [0.717, 1.165) is 24.0 Å². The van der Waals surface area contributed by atoms with Gasteiger partial charge in [0, 0.05) is 11.1 Å². The van der Waals surface area contributed by atoms with Gasteiger partial charge in [-0.15, -0.1) is 0 Å². The first kappa shape index (κ1) is 19.7. The summed E-state index contributed by atoms with van der Waals surface area (Å²) in [6.45, 7) is 2.80. The van der Waals surface area contributed by atoms with Gasteiger partial charge in [0.05, 0.1) is 12.6 Å². The maximum atomic E-state index is 12.6. The first-order chi connectivity index (χ1) is 11.6. The third-order valence-electron chi connectivity index (χ3n) is 4.29. The van der Waals surface area contributed by atoms with E-state index in [1.807, 2.05) is 12.1 Å². The van der Waals surface area contributed by atoms with Crippen molar-refractivity contribution < 1.29 is 49.0 Å². The molecule has 0 radical (unpaired) electrons. The van der Waals surface area contributed by atoms with Gasteiger partial charge >= 0.3 is 29.6 Å². The van der Waals surface area contributed by atoms with Gasteiger partial charge in [-0.25, -0.2) is 0 Å². The van der Waals surface area contributed by atoms with Crippen LogP contribution in [0.5, 0.6) is 5.75 Å². The zero-order chi connectivity index (χ0) is 17.1. The standard InChI is InChI=1S/C20H20O4.Na/c1-2-3-4-5-10-24-14-7-9-16-15-8-6-13(20(22)23)11-17(15)19(21)18(16)12-14;/h6-9,11-12H,2-5,10H2,1H3,(H,22,23);/q;+1/p-1. The maximum Gasteiger partial charge on any atom is 1.00 e. The zero-order valence-corrected chi connectivity index (χ0v) is 16.6. The number of hydrogen-bond acceptors (Lipinski definition) is 4. The summed E-state index contributed by atoms with van der Waals surface area (Å²) in [5, 5.41) is 11.0. The Labute approximate surface area is 169 Å². The quantitative estimate of drug-likeness (QED) is 0.454. The molecule has 0 fully saturated rings. The third-order valence-corrected chi connectivity index (χ3v) is 4.29. The third kappa shape index (κ3) is 4.14. The van der Waals surface area contributed by atoms with Gasteiger partial charge in [0.1, 0.15) is 5.75 Å². The van der Waals surface area contributed by atoms with E-state index in [2.05, 4.69) is 6.92 Å². The van der Waals surface area contributed by atoms with Gasteiger partial charge < -0.3 is 14.6 Å². The Kier molecular flexibility index (Phi) is 6.82. The van der Waals surface area contributed by atoms with Crippen molar-refractivity contribution in [3.8, 4) is 16.9 Å². The fourth-order valence-corrected chi connectivity index (χ4v) is 2.99. The van der Waals surface area contributed by atoms with E-state index in [1.165, 1.54) is 25.0 Å². The molecule has 1 aliphatic carbocycles. The molecule has 2 aromatic carbocycles. The van der Waals surface area contributed by atoms with Crippen molar-refractivity contribution >= 4 is 11.8 Å². The molecule has 0 atom stereocenters. The SMILES string of the molecule is CCCCCCOc1ccc2c(c1)C(=O)c1cc(C(=O)[O-])ccc1-2.[Na+]. The molecule has 0 N–H and O–H groups in total. The van der Waals surface area contributed by atoms with Crippen molar-refractivity contribution in [3.63, 3.8) is 0 Å². The van der Waals surface area contributed by atoms with Gasteiger partial charge in [0.2, 0.25) is 0 Å². The predicted octanol–water partition coefficient (Wildman–Crippen LogP) is 0.225. The molecule has 0 saturated carbocycles. The molecular weight excluding hydrogens is 327 g/mol. The van der Waals surface area contributed by atoms with Gasteiger partial charge in [0.25, 0.3) is 0 Å². The second-order valence-electron chi connectivity index (χ2n) is 5.99. The number of carbonyl (C=O) groups is 2. The number of benzene rings is 2. The number of hydrogen-bond donors (Lipinski definition) is 0. The van der Waals surface area contributed by atoms with Gasteiger partial charge in [-0.3, -0.25) is 4.79 Å². The number of carboxylic acid groups (broad SMARTS) is 1. The van der Waals surface area contributed by atoms with Crippen molar-refractivity contribution in [2.24, 2.45) is 0 Å². The van der Waals surface area contributed by atoms with Crippen LogP contribution in [0.3, 0.4) is 0 Å². The molecule has 0 aliphatic heterocycles. The number of rotatable bonds is 7. The van der Waals surface area contributed by atoms with E-state index in [4.69, 9.17) is 4.74 Å². The summed E-state index contributed by atoms with van der Waals surface area (Å²) in [5.41, 5.74) is 2.56. The Morgan fingerprint density at radius 1 is 0.960 bits per heavy atom. The van der Waals surface area contributed by atoms with Crippen LogP contribution >= 0.6 is 0 Å². The van der Waals surface area contributed by atoms with E-state index in [1.54, 1.807) is 12.1 Å². The van der Waals surface area contributed by atoms with Gasteiger partial charge in [-0.05, 0) is 47.4 Å². The summed E-state index contributed by atoms with van der Waals surface area (Å²) in [6, 6.07) is 9.98. The van der Waals surface area contributed by atoms with Gasteiger partial charge in [-0.1, -0.05) is 38.3 Å². The Balaban J connectivity index is 0.00000225. The number of ketones is 1. The average Bonchev–Trinajstić information content (AvgIpc) is 2.87. The average molecular weight is 346 g/mol. The van der Waals surface area contributed by atoms with Gasteiger partial charge in [0.15, 0.2) is 5.78 Å². The molecule has 25 heavy (non-hydrogen) atoms. The number of fused-ring (bicyclic) bond motifs is 3. The van der Waals surface area contributed by atoms with Crippen LogP contribution < -0.4 is 39.4 Å². The van der Waals surface area contributed by atoms with Crippen LogP contribution in [0.4, 0.5) is 0 Å². The Morgan fingerprint density at radius 2 is 1.64 bits per heavy atom. The maximum absolute atomic E-state index is 12.6. The molecule has 0 heterocycles. The number of ether oxygens (including phenoxy) is 1. The van der Waals surface area contributed by atoms with Crippen LogP contribution in [0.15, 0.2) is 36.4 Å². The molecule has 0 bridgehead atoms. The van der Waals surface area contributed by atoms with Crippen LogP contribution in [0.25, 0.3) is 11.1 Å². The van der Waals surface area contributed by atoms with E-state index < -0.39 is 5.97 Å². The van der Waals surface area contributed by atoms with Crippen LogP contribution in [0.2, 0.25) is 0 Å². The first-order valence-corrected chi connectivity index (χ1v) is 8.29. The van der Waals surface area contributed by atoms with Crippen LogP contribution in [-0.4, -0.2) is 18.4 Å². The molecule has 4 nitrogen and oxygen atoms in total. The molecule has 124 valence electrons. The summed E-state index contributed by atoms with van der Waals surface area (Å²) in [4.78, 5) is 23.5. The molecule has 0 saturated heterocycles.